The Hall–Kier alpha value is -1.73. The van der Waals surface area contributed by atoms with Crippen LogP contribution >= 0.6 is 0 Å². The molecular weight excluding hydrogens is 400 g/mol. The van der Waals surface area contributed by atoms with Crippen LogP contribution in [0.3, 0.4) is 0 Å². The zero-order chi connectivity index (χ0) is 22.1. The Morgan fingerprint density at radius 1 is 1.00 bits per heavy atom. The van der Waals surface area contributed by atoms with Crippen molar-refractivity contribution < 1.29 is 18.0 Å². The molecule has 0 spiro atoms. The lowest BCUT2D eigenvalue weighted by molar-refractivity contribution is -0.134. The van der Waals surface area contributed by atoms with Crippen LogP contribution in [0.2, 0.25) is 0 Å². The molecule has 1 aliphatic rings. The van der Waals surface area contributed by atoms with Crippen molar-refractivity contribution in [1.29, 1.82) is 0 Å². The highest BCUT2D eigenvalue weighted by molar-refractivity contribution is 7.89. The monoisotopic (exact) mass is 436 g/mol. The molecule has 0 N–H and O–H groups in total. The van der Waals surface area contributed by atoms with Gasteiger partial charge in [-0.1, -0.05) is 43.4 Å². The predicted octanol–water partition coefficient (Wildman–Crippen LogP) is 3.93. The number of Topliss-reactive ketones (excluding diaryl/α,β-unsaturated/α-hetero) is 1. The minimum atomic E-state index is -3.74. The molecule has 0 aromatic heterocycles. The highest BCUT2D eigenvalue weighted by Gasteiger charge is 2.35. The summed E-state index contributed by atoms with van der Waals surface area (Å²) >= 11 is 0. The smallest absolute Gasteiger partial charge is 0.243 e. The van der Waals surface area contributed by atoms with Crippen LogP contribution < -0.4 is 0 Å². The average Bonchev–Trinajstić information content (AvgIpc) is 3.24. The van der Waals surface area contributed by atoms with Crippen molar-refractivity contribution in [2.75, 3.05) is 20.1 Å². The van der Waals surface area contributed by atoms with Crippen LogP contribution in [0.25, 0.3) is 0 Å². The number of carbonyl (C=O) groups excluding carboxylic acids is 2. The fourth-order valence-electron chi connectivity index (χ4n) is 3.90. The van der Waals surface area contributed by atoms with Gasteiger partial charge in [0.05, 0.1) is 4.90 Å². The molecular formula is C23H36N2O4S. The molecule has 1 unspecified atom stereocenters. The minimum absolute atomic E-state index is 0.0812. The second kappa shape index (κ2) is 11.6. The molecule has 0 radical (unpaired) electrons. The van der Waals surface area contributed by atoms with Crippen LogP contribution in [-0.2, 0) is 19.6 Å². The molecule has 6 nitrogen and oxygen atoms in total. The number of aryl methyl sites for hydroxylation is 1. The number of likely N-dealkylation sites (tertiary alicyclic amines) is 1. The van der Waals surface area contributed by atoms with E-state index in [1.165, 1.54) is 11.4 Å². The van der Waals surface area contributed by atoms with Crippen molar-refractivity contribution in [2.45, 2.75) is 82.6 Å². The van der Waals surface area contributed by atoms with Crippen LogP contribution in [0.4, 0.5) is 0 Å². The van der Waals surface area contributed by atoms with Gasteiger partial charge in [0.15, 0.2) is 0 Å². The van der Waals surface area contributed by atoms with Crippen molar-refractivity contribution in [3.8, 4) is 0 Å². The summed E-state index contributed by atoms with van der Waals surface area (Å²) in [6.07, 6.45) is 7.68. The molecule has 0 aliphatic carbocycles. The van der Waals surface area contributed by atoms with Crippen molar-refractivity contribution in [3.05, 3.63) is 29.8 Å². The molecule has 2 rings (SSSR count). The first-order valence-corrected chi connectivity index (χ1v) is 12.5. The van der Waals surface area contributed by atoms with E-state index in [2.05, 4.69) is 0 Å². The van der Waals surface area contributed by atoms with Gasteiger partial charge in [-0.2, -0.15) is 4.31 Å². The number of amides is 1. The molecule has 1 fully saturated rings. The summed E-state index contributed by atoms with van der Waals surface area (Å²) in [5, 5.41) is 0. The third-order valence-electron chi connectivity index (χ3n) is 5.85. The Bertz CT molecular complexity index is 799. The molecule has 30 heavy (non-hydrogen) atoms. The first kappa shape index (κ1) is 24.5. The van der Waals surface area contributed by atoms with Gasteiger partial charge in [0.25, 0.3) is 0 Å². The van der Waals surface area contributed by atoms with Crippen LogP contribution in [0.1, 0.15) is 70.3 Å². The van der Waals surface area contributed by atoms with E-state index in [1.807, 2.05) is 6.92 Å². The Labute approximate surface area is 181 Å². The van der Waals surface area contributed by atoms with E-state index in [0.29, 0.717) is 25.9 Å². The topological polar surface area (TPSA) is 74.8 Å². The molecule has 7 heteroatoms. The van der Waals surface area contributed by atoms with Crippen LogP contribution in [0.15, 0.2) is 29.2 Å². The predicted molar refractivity (Wildman–Crippen MR) is 119 cm³/mol. The number of benzene rings is 1. The number of hydrogen-bond donors (Lipinski definition) is 0. The van der Waals surface area contributed by atoms with E-state index in [4.69, 9.17) is 0 Å². The highest BCUT2D eigenvalue weighted by atomic mass is 32.2. The van der Waals surface area contributed by atoms with Gasteiger partial charge in [-0.15, -0.1) is 0 Å². The lowest BCUT2D eigenvalue weighted by atomic mass is 10.0. The lowest BCUT2D eigenvalue weighted by Crippen LogP contribution is -2.48. The maximum atomic E-state index is 13.2. The average molecular weight is 437 g/mol. The SMILES string of the molecule is CC(=O)CCCCCCCC(C(=O)N1CCCC1)N(C)S(=O)(=O)c1ccc(C)cc1. The summed E-state index contributed by atoms with van der Waals surface area (Å²) in [6.45, 7) is 4.94. The van der Waals surface area contributed by atoms with Crippen molar-refractivity contribution in [3.63, 3.8) is 0 Å². The molecule has 1 aliphatic heterocycles. The summed E-state index contributed by atoms with van der Waals surface area (Å²) in [4.78, 5) is 26.2. The van der Waals surface area contributed by atoms with Gasteiger partial charge in [-0.05, 0) is 51.7 Å². The molecule has 168 valence electrons. The Balaban J connectivity index is 2.04. The van der Waals surface area contributed by atoms with Gasteiger partial charge in [-0.25, -0.2) is 8.42 Å². The fraction of sp³-hybridized carbons (Fsp3) is 0.652. The van der Waals surface area contributed by atoms with Gasteiger partial charge in [0.1, 0.15) is 11.8 Å². The van der Waals surface area contributed by atoms with E-state index < -0.39 is 16.1 Å². The Kier molecular flexibility index (Phi) is 9.49. The number of sulfonamides is 1. The number of ketones is 1. The first-order valence-electron chi connectivity index (χ1n) is 11.1. The molecule has 1 atom stereocenters. The van der Waals surface area contributed by atoms with Crippen LogP contribution in [-0.4, -0.2) is 55.5 Å². The van der Waals surface area contributed by atoms with E-state index in [9.17, 15) is 18.0 Å². The second-order valence-electron chi connectivity index (χ2n) is 8.39. The van der Waals surface area contributed by atoms with E-state index in [0.717, 1.165) is 50.5 Å². The molecule has 0 bridgehead atoms. The fourth-order valence-corrected chi connectivity index (χ4v) is 5.24. The third kappa shape index (κ3) is 6.91. The third-order valence-corrected chi connectivity index (χ3v) is 7.73. The van der Waals surface area contributed by atoms with Crippen LogP contribution in [0, 0.1) is 6.92 Å². The van der Waals surface area contributed by atoms with Crippen molar-refractivity contribution in [2.24, 2.45) is 0 Å². The summed E-state index contributed by atoms with van der Waals surface area (Å²) in [5.41, 5.74) is 0.992. The second-order valence-corrected chi connectivity index (χ2v) is 10.4. The number of nitrogens with zero attached hydrogens (tertiary/aromatic N) is 2. The van der Waals surface area contributed by atoms with Crippen molar-refractivity contribution >= 4 is 21.7 Å². The van der Waals surface area contributed by atoms with Crippen molar-refractivity contribution in [1.82, 2.24) is 9.21 Å². The number of likely N-dealkylation sites (N-methyl/N-ethyl adjacent to an activating group) is 1. The number of unbranched alkanes of at least 4 members (excludes halogenated alkanes) is 4. The van der Waals surface area contributed by atoms with E-state index in [-0.39, 0.29) is 16.6 Å². The maximum Gasteiger partial charge on any atom is 0.243 e. The molecule has 1 amide bonds. The molecule has 1 aromatic carbocycles. The number of hydrogen-bond acceptors (Lipinski definition) is 4. The van der Waals surface area contributed by atoms with E-state index >= 15 is 0 Å². The summed E-state index contributed by atoms with van der Waals surface area (Å²) in [5.74, 6) is 0.136. The zero-order valence-corrected chi connectivity index (χ0v) is 19.4. The lowest BCUT2D eigenvalue weighted by Gasteiger charge is -2.30. The molecule has 1 saturated heterocycles. The van der Waals surface area contributed by atoms with E-state index in [1.54, 1.807) is 36.1 Å². The van der Waals surface area contributed by atoms with Gasteiger partial charge in [0, 0.05) is 26.6 Å². The van der Waals surface area contributed by atoms with Gasteiger partial charge < -0.3 is 9.69 Å². The Morgan fingerprint density at radius 3 is 2.17 bits per heavy atom. The summed E-state index contributed by atoms with van der Waals surface area (Å²) in [6, 6.07) is 6.09. The molecule has 1 aromatic rings. The molecule has 0 saturated carbocycles. The van der Waals surface area contributed by atoms with Crippen LogP contribution in [0.5, 0.6) is 0 Å². The summed E-state index contributed by atoms with van der Waals surface area (Å²) < 4.78 is 27.6. The van der Waals surface area contributed by atoms with Gasteiger partial charge >= 0.3 is 0 Å². The zero-order valence-electron chi connectivity index (χ0n) is 18.6. The maximum absolute atomic E-state index is 13.2. The van der Waals surface area contributed by atoms with Gasteiger partial charge in [0.2, 0.25) is 15.9 Å². The standard InChI is InChI=1S/C23H36N2O4S/c1-19-13-15-21(16-14-19)30(28,29)24(3)22(23(27)25-17-9-10-18-25)12-8-6-4-5-7-11-20(2)26/h13-16,22H,4-12,17-18H2,1-3H3. The summed E-state index contributed by atoms with van der Waals surface area (Å²) in [7, 11) is -2.21. The minimum Gasteiger partial charge on any atom is -0.341 e. The Morgan fingerprint density at radius 2 is 1.57 bits per heavy atom. The highest BCUT2D eigenvalue weighted by Crippen LogP contribution is 2.23. The number of rotatable bonds is 12. The normalized spacial score (nSPS) is 15.5. The van der Waals surface area contributed by atoms with Gasteiger partial charge in [-0.3, -0.25) is 4.79 Å². The first-order chi connectivity index (χ1) is 14.2. The number of carbonyl (C=O) groups is 2. The largest absolute Gasteiger partial charge is 0.341 e. The molecule has 1 heterocycles. The quantitative estimate of drug-likeness (QED) is 0.465.